The van der Waals surface area contributed by atoms with E-state index in [1.807, 2.05) is 33.8 Å². The second-order valence-electron chi connectivity index (χ2n) is 3.90. The Balaban J connectivity index is 3.95. The van der Waals surface area contributed by atoms with Gasteiger partial charge in [0.05, 0.1) is 0 Å². The van der Waals surface area contributed by atoms with Crippen LogP contribution < -0.4 is 5.11 Å². The standard InChI is InChI=1S/C9H16O3/c1-7(5-9(2,3)4)6-12-8(10)11/h5H,6H2,1-4H3,(H,10,11)/p-1. The molecule has 0 saturated heterocycles. The van der Waals surface area contributed by atoms with Gasteiger partial charge in [-0.15, -0.1) is 0 Å². The number of allylic oxidation sites excluding steroid dienone is 1. The molecular formula is C9H15O3-. The topological polar surface area (TPSA) is 49.4 Å². The summed E-state index contributed by atoms with van der Waals surface area (Å²) in [5.41, 5.74) is 0.950. The summed E-state index contributed by atoms with van der Waals surface area (Å²) in [7, 11) is 0. The Bertz CT molecular complexity index is 186. The van der Waals surface area contributed by atoms with Gasteiger partial charge in [-0.1, -0.05) is 32.4 Å². The molecule has 0 heterocycles. The summed E-state index contributed by atoms with van der Waals surface area (Å²) in [6, 6.07) is 0. The molecule has 0 radical (unpaired) electrons. The average Bonchev–Trinajstić information content (AvgIpc) is 1.79. The van der Waals surface area contributed by atoms with Gasteiger partial charge in [0.2, 0.25) is 0 Å². The maximum atomic E-state index is 9.91. The molecule has 0 aromatic carbocycles. The van der Waals surface area contributed by atoms with Crippen molar-refractivity contribution >= 4 is 6.16 Å². The predicted molar refractivity (Wildman–Crippen MR) is 44.6 cm³/mol. The molecule has 0 spiro atoms. The third kappa shape index (κ3) is 7.12. The van der Waals surface area contributed by atoms with Crippen LogP contribution in [0.3, 0.4) is 0 Å². The Morgan fingerprint density at radius 1 is 1.50 bits per heavy atom. The highest BCUT2D eigenvalue weighted by molar-refractivity contribution is 5.54. The first-order valence-electron chi connectivity index (χ1n) is 3.83. The monoisotopic (exact) mass is 171 g/mol. The van der Waals surface area contributed by atoms with Crippen molar-refractivity contribution in [3.05, 3.63) is 11.6 Å². The minimum Gasteiger partial charge on any atom is -0.545 e. The van der Waals surface area contributed by atoms with Crippen LogP contribution in [-0.2, 0) is 4.74 Å². The third-order valence-electron chi connectivity index (χ3n) is 1.10. The maximum Gasteiger partial charge on any atom is 0.252 e. The van der Waals surface area contributed by atoms with E-state index in [0.717, 1.165) is 5.57 Å². The lowest BCUT2D eigenvalue weighted by Crippen LogP contribution is -2.24. The van der Waals surface area contributed by atoms with Crippen molar-refractivity contribution in [2.75, 3.05) is 6.61 Å². The van der Waals surface area contributed by atoms with E-state index in [0.29, 0.717) is 0 Å². The summed E-state index contributed by atoms with van der Waals surface area (Å²) >= 11 is 0. The molecule has 12 heavy (non-hydrogen) atoms. The average molecular weight is 171 g/mol. The first-order chi connectivity index (χ1) is 5.31. The zero-order valence-corrected chi connectivity index (χ0v) is 8.01. The van der Waals surface area contributed by atoms with Crippen LogP contribution in [0.25, 0.3) is 0 Å². The lowest BCUT2D eigenvalue weighted by atomic mass is 9.94. The van der Waals surface area contributed by atoms with Crippen LogP contribution in [0.15, 0.2) is 11.6 Å². The lowest BCUT2D eigenvalue weighted by Gasteiger charge is -2.15. The fourth-order valence-corrected chi connectivity index (χ4v) is 0.954. The maximum absolute atomic E-state index is 9.91. The van der Waals surface area contributed by atoms with Crippen molar-refractivity contribution in [3.63, 3.8) is 0 Å². The highest BCUT2D eigenvalue weighted by Gasteiger charge is 2.05. The molecule has 0 aromatic rings. The number of carbonyl (C=O) groups is 1. The summed E-state index contributed by atoms with van der Waals surface area (Å²) in [4.78, 5) is 9.91. The Kier molecular flexibility index (Phi) is 3.80. The van der Waals surface area contributed by atoms with E-state index < -0.39 is 6.16 Å². The Morgan fingerprint density at radius 2 is 2.00 bits per heavy atom. The highest BCUT2D eigenvalue weighted by Crippen LogP contribution is 2.17. The van der Waals surface area contributed by atoms with Gasteiger partial charge in [0, 0.05) is 6.61 Å². The lowest BCUT2D eigenvalue weighted by molar-refractivity contribution is -0.281. The summed E-state index contributed by atoms with van der Waals surface area (Å²) in [6.45, 7) is 8.04. The van der Waals surface area contributed by atoms with Crippen molar-refractivity contribution in [1.82, 2.24) is 0 Å². The van der Waals surface area contributed by atoms with Gasteiger partial charge in [-0.05, 0) is 12.3 Å². The van der Waals surface area contributed by atoms with Crippen molar-refractivity contribution in [2.45, 2.75) is 27.7 Å². The van der Waals surface area contributed by atoms with Crippen LogP contribution in [0.4, 0.5) is 4.79 Å². The second kappa shape index (κ2) is 4.14. The van der Waals surface area contributed by atoms with Crippen LogP contribution in [0.2, 0.25) is 0 Å². The van der Waals surface area contributed by atoms with Gasteiger partial charge < -0.3 is 14.6 Å². The van der Waals surface area contributed by atoms with Crippen LogP contribution >= 0.6 is 0 Å². The number of hydrogen-bond donors (Lipinski definition) is 0. The first-order valence-corrected chi connectivity index (χ1v) is 3.83. The van der Waals surface area contributed by atoms with E-state index in [9.17, 15) is 9.90 Å². The Hall–Kier alpha value is -0.990. The minimum atomic E-state index is -1.48. The zero-order valence-electron chi connectivity index (χ0n) is 8.01. The highest BCUT2D eigenvalue weighted by atomic mass is 16.7. The number of rotatable bonds is 2. The van der Waals surface area contributed by atoms with Crippen molar-refractivity contribution < 1.29 is 14.6 Å². The molecule has 70 valence electrons. The molecule has 0 fully saturated rings. The molecule has 0 atom stereocenters. The van der Waals surface area contributed by atoms with Gasteiger partial charge in [0.25, 0.3) is 6.16 Å². The molecule has 0 N–H and O–H groups in total. The molecule has 0 bridgehead atoms. The largest absolute Gasteiger partial charge is 0.545 e. The zero-order chi connectivity index (χ0) is 9.78. The summed E-state index contributed by atoms with van der Waals surface area (Å²) in [5, 5.41) is 9.91. The summed E-state index contributed by atoms with van der Waals surface area (Å²) in [6.07, 6.45) is 0.493. The van der Waals surface area contributed by atoms with Crippen LogP contribution in [0.1, 0.15) is 27.7 Å². The van der Waals surface area contributed by atoms with Crippen molar-refractivity contribution in [1.29, 1.82) is 0 Å². The fraction of sp³-hybridized carbons (Fsp3) is 0.667. The Morgan fingerprint density at radius 3 is 2.33 bits per heavy atom. The second-order valence-corrected chi connectivity index (χ2v) is 3.90. The predicted octanol–water partition coefficient (Wildman–Crippen LogP) is 1.34. The number of carboxylic acid groups (broad SMARTS) is 1. The van der Waals surface area contributed by atoms with Crippen molar-refractivity contribution in [2.24, 2.45) is 5.41 Å². The van der Waals surface area contributed by atoms with E-state index in [-0.39, 0.29) is 12.0 Å². The molecule has 0 aliphatic rings. The number of hydrogen-bond acceptors (Lipinski definition) is 3. The van der Waals surface area contributed by atoms with Gasteiger partial charge in [-0.25, -0.2) is 0 Å². The molecule has 0 rings (SSSR count). The number of ether oxygens (including phenoxy) is 1. The smallest absolute Gasteiger partial charge is 0.252 e. The van der Waals surface area contributed by atoms with E-state index in [4.69, 9.17) is 0 Å². The molecule has 0 amide bonds. The molecule has 0 aromatic heterocycles. The van der Waals surface area contributed by atoms with Gasteiger partial charge in [-0.2, -0.15) is 0 Å². The van der Waals surface area contributed by atoms with Gasteiger partial charge in [0.15, 0.2) is 0 Å². The fourth-order valence-electron chi connectivity index (χ4n) is 0.954. The van der Waals surface area contributed by atoms with Gasteiger partial charge >= 0.3 is 0 Å². The molecule has 0 aliphatic carbocycles. The van der Waals surface area contributed by atoms with E-state index in [2.05, 4.69) is 4.74 Å². The van der Waals surface area contributed by atoms with Gasteiger partial charge in [-0.3, -0.25) is 0 Å². The normalized spacial score (nSPS) is 12.8. The number of carbonyl (C=O) groups excluding carboxylic acids is 1. The molecule has 3 nitrogen and oxygen atoms in total. The van der Waals surface area contributed by atoms with E-state index in [1.54, 1.807) is 0 Å². The molecule has 3 heteroatoms. The third-order valence-corrected chi connectivity index (χ3v) is 1.10. The minimum absolute atomic E-state index is 0.0549. The summed E-state index contributed by atoms with van der Waals surface area (Å²) < 4.78 is 4.29. The van der Waals surface area contributed by atoms with Crippen LogP contribution in [0, 0.1) is 5.41 Å². The van der Waals surface area contributed by atoms with Gasteiger partial charge in [0.1, 0.15) is 0 Å². The quantitative estimate of drug-likeness (QED) is 0.465. The van der Waals surface area contributed by atoms with E-state index >= 15 is 0 Å². The molecule has 0 saturated carbocycles. The molecule has 0 aliphatic heterocycles. The summed E-state index contributed by atoms with van der Waals surface area (Å²) in [5.74, 6) is 0. The molecular weight excluding hydrogens is 156 g/mol. The van der Waals surface area contributed by atoms with Crippen LogP contribution in [0.5, 0.6) is 0 Å². The van der Waals surface area contributed by atoms with Crippen LogP contribution in [-0.4, -0.2) is 12.8 Å². The SMILES string of the molecule is CC(=CC(C)(C)C)COC(=O)[O-]. The Labute approximate surface area is 73.0 Å². The molecule has 0 unspecified atom stereocenters. The van der Waals surface area contributed by atoms with E-state index in [1.165, 1.54) is 0 Å². The van der Waals surface area contributed by atoms with Crippen molar-refractivity contribution in [3.8, 4) is 0 Å². The first kappa shape index (κ1) is 11.0.